The van der Waals surface area contributed by atoms with Crippen LogP contribution in [0.4, 0.5) is 8.78 Å². The number of fused-ring (bicyclic) bond motifs is 4. The van der Waals surface area contributed by atoms with Crippen molar-refractivity contribution in [3.63, 3.8) is 0 Å². The van der Waals surface area contributed by atoms with Crippen LogP contribution in [0.5, 0.6) is 0 Å². The molecule has 4 heterocycles. The highest BCUT2D eigenvalue weighted by Crippen LogP contribution is 2.34. The number of H-pyrrole nitrogens is 2. The zero-order chi connectivity index (χ0) is 20.3. The van der Waals surface area contributed by atoms with Gasteiger partial charge in [0.2, 0.25) is 0 Å². The summed E-state index contributed by atoms with van der Waals surface area (Å²) in [5, 5.41) is 0.281. The number of nitrogens with one attached hydrogen (secondary N) is 2. The van der Waals surface area contributed by atoms with Gasteiger partial charge in [0.05, 0.1) is 36.4 Å². The first kappa shape index (κ1) is 17.6. The van der Waals surface area contributed by atoms with Crippen LogP contribution in [0.25, 0.3) is 21.9 Å². The van der Waals surface area contributed by atoms with Crippen molar-refractivity contribution in [2.45, 2.75) is 12.6 Å². The van der Waals surface area contributed by atoms with Gasteiger partial charge in [-0.3, -0.25) is 9.59 Å². The van der Waals surface area contributed by atoms with Crippen LogP contribution in [-0.2, 0) is 11.3 Å². The first-order chi connectivity index (χ1) is 13.9. The molecule has 0 bridgehead atoms. The lowest BCUT2D eigenvalue weighted by Crippen LogP contribution is -2.37. The number of ether oxygens (including phenoxy) is 1. The summed E-state index contributed by atoms with van der Waals surface area (Å²) in [6, 6.07) is 4.57. The molecule has 0 aliphatic carbocycles. The largest absolute Gasteiger partial charge is 0.463 e. The van der Waals surface area contributed by atoms with E-state index in [1.54, 1.807) is 19.2 Å². The summed E-state index contributed by atoms with van der Waals surface area (Å²) in [7, 11) is 1.59. The SMILES string of the molecule is CN(C(=O)c1cc2occc2[nH]1)[C@@H]1COCc2[nH]c(=O)c3cc(F)c(F)cc3c21. The first-order valence-corrected chi connectivity index (χ1v) is 8.89. The third-order valence-corrected chi connectivity index (χ3v) is 5.30. The summed E-state index contributed by atoms with van der Waals surface area (Å²) < 4.78 is 38.5. The van der Waals surface area contributed by atoms with Crippen molar-refractivity contribution in [1.82, 2.24) is 14.9 Å². The average molecular weight is 399 g/mol. The minimum Gasteiger partial charge on any atom is -0.463 e. The molecule has 0 unspecified atom stereocenters. The van der Waals surface area contributed by atoms with Crippen molar-refractivity contribution in [2.24, 2.45) is 0 Å². The molecule has 2 N–H and O–H groups in total. The Morgan fingerprint density at radius 2 is 1.93 bits per heavy atom. The molecule has 29 heavy (non-hydrogen) atoms. The van der Waals surface area contributed by atoms with Gasteiger partial charge in [-0.2, -0.15) is 0 Å². The molecule has 0 fully saturated rings. The van der Waals surface area contributed by atoms with Crippen LogP contribution in [0, 0.1) is 11.6 Å². The standard InChI is InChI=1S/C20H15F2N3O4/c1-25(20(27)14-6-17-13(23-14)2-3-29-17)16-8-28-7-15-18(16)9-4-11(21)12(22)5-10(9)19(26)24-15/h2-6,16,23H,7-8H2,1H3,(H,24,26)/t16-/m1/s1. The number of aromatic amines is 2. The Labute approximate surface area is 161 Å². The zero-order valence-electron chi connectivity index (χ0n) is 15.2. The van der Waals surface area contributed by atoms with Gasteiger partial charge in [0, 0.05) is 30.4 Å². The summed E-state index contributed by atoms with van der Waals surface area (Å²) in [6.07, 6.45) is 1.51. The first-order valence-electron chi connectivity index (χ1n) is 8.89. The number of furan rings is 1. The van der Waals surface area contributed by atoms with Crippen LogP contribution in [-0.4, -0.2) is 34.4 Å². The average Bonchev–Trinajstić information content (AvgIpc) is 3.30. The second kappa shape index (κ2) is 6.28. The predicted molar refractivity (Wildman–Crippen MR) is 99.5 cm³/mol. The van der Waals surface area contributed by atoms with Crippen molar-refractivity contribution < 1.29 is 22.7 Å². The lowest BCUT2D eigenvalue weighted by molar-refractivity contribution is 0.0333. The van der Waals surface area contributed by atoms with E-state index in [4.69, 9.17) is 9.15 Å². The van der Waals surface area contributed by atoms with Crippen LogP contribution >= 0.6 is 0 Å². The molecule has 1 aliphatic heterocycles. The number of aromatic nitrogens is 2. The summed E-state index contributed by atoms with van der Waals surface area (Å²) in [5.74, 6) is -2.50. The van der Waals surface area contributed by atoms with E-state index < -0.39 is 23.2 Å². The molecule has 3 aromatic heterocycles. The molecule has 148 valence electrons. The maximum atomic E-state index is 14.0. The second-order valence-electron chi connectivity index (χ2n) is 6.99. The Morgan fingerprint density at radius 3 is 2.69 bits per heavy atom. The van der Waals surface area contributed by atoms with E-state index in [1.807, 2.05) is 0 Å². The molecular weight excluding hydrogens is 384 g/mol. The molecule has 1 atom stereocenters. The molecule has 7 nitrogen and oxygen atoms in total. The minimum atomic E-state index is -1.11. The number of carbonyl (C=O) groups is 1. The van der Waals surface area contributed by atoms with E-state index in [-0.39, 0.29) is 29.9 Å². The highest BCUT2D eigenvalue weighted by atomic mass is 19.2. The summed E-state index contributed by atoms with van der Waals surface area (Å²) in [4.78, 5) is 32.5. The number of benzene rings is 1. The normalized spacial score (nSPS) is 16.3. The number of carbonyl (C=O) groups excluding carboxylic acids is 1. The quantitative estimate of drug-likeness (QED) is 0.542. The Hall–Kier alpha value is -3.46. The van der Waals surface area contributed by atoms with Crippen molar-refractivity contribution >= 4 is 27.8 Å². The molecule has 9 heteroatoms. The van der Waals surface area contributed by atoms with E-state index in [0.717, 1.165) is 12.1 Å². The Morgan fingerprint density at radius 1 is 1.17 bits per heavy atom. The fraction of sp³-hybridized carbons (Fsp3) is 0.200. The van der Waals surface area contributed by atoms with Gasteiger partial charge in [-0.25, -0.2) is 8.78 Å². The number of pyridine rings is 1. The van der Waals surface area contributed by atoms with Crippen molar-refractivity contribution in [2.75, 3.05) is 13.7 Å². The van der Waals surface area contributed by atoms with E-state index in [0.29, 0.717) is 28.1 Å². The van der Waals surface area contributed by atoms with Gasteiger partial charge in [-0.1, -0.05) is 0 Å². The third kappa shape index (κ3) is 2.65. The predicted octanol–water partition coefficient (Wildman–Crippen LogP) is 3.22. The number of rotatable bonds is 2. The maximum Gasteiger partial charge on any atom is 0.270 e. The van der Waals surface area contributed by atoms with Crippen LogP contribution in [0.15, 0.2) is 39.7 Å². The Bertz CT molecular complexity index is 1310. The number of amides is 1. The van der Waals surface area contributed by atoms with Crippen molar-refractivity contribution in [3.05, 3.63) is 69.5 Å². The van der Waals surface area contributed by atoms with E-state index in [1.165, 1.54) is 11.2 Å². The van der Waals surface area contributed by atoms with Crippen LogP contribution in [0.3, 0.4) is 0 Å². The van der Waals surface area contributed by atoms with Gasteiger partial charge in [0.1, 0.15) is 5.69 Å². The molecule has 1 aromatic carbocycles. The minimum absolute atomic E-state index is 0.0211. The monoisotopic (exact) mass is 399 g/mol. The smallest absolute Gasteiger partial charge is 0.270 e. The van der Waals surface area contributed by atoms with E-state index in [2.05, 4.69) is 9.97 Å². The number of halogens is 2. The fourth-order valence-electron chi connectivity index (χ4n) is 3.84. The zero-order valence-corrected chi connectivity index (χ0v) is 15.2. The number of hydrogen-bond donors (Lipinski definition) is 2. The van der Waals surface area contributed by atoms with Crippen LogP contribution in [0.1, 0.15) is 27.8 Å². The maximum absolute atomic E-state index is 14.0. The van der Waals surface area contributed by atoms with Gasteiger partial charge >= 0.3 is 0 Å². The van der Waals surface area contributed by atoms with Gasteiger partial charge in [0.15, 0.2) is 17.2 Å². The molecule has 0 spiro atoms. The summed E-state index contributed by atoms with van der Waals surface area (Å²) >= 11 is 0. The molecule has 0 radical (unpaired) electrons. The number of likely N-dealkylation sites (N-methyl/N-ethyl adjacent to an activating group) is 1. The highest BCUT2D eigenvalue weighted by molar-refractivity contribution is 5.97. The van der Waals surface area contributed by atoms with E-state index >= 15 is 0 Å². The topological polar surface area (TPSA) is 91.3 Å². The van der Waals surface area contributed by atoms with Gasteiger partial charge < -0.3 is 24.0 Å². The molecule has 5 rings (SSSR count). The molecule has 0 saturated heterocycles. The second-order valence-corrected chi connectivity index (χ2v) is 6.99. The molecular formula is C20H15F2N3O4. The van der Waals surface area contributed by atoms with Gasteiger partial charge in [-0.05, 0) is 17.5 Å². The van der Waals surface area contributed by atoms with Gasteiger partial charge in [-0.15, -0.1) is 0 Å². The van der Waals surface area contributed by atoms with Crippen LogP contribution < -0.4 is 5.56 Å². The number of nitrogens with zero attached hydrogens (tertiary/aromatic N) is 1. The summed E-state index contributed by atoms with van der Waals surface area (Å²) in [6.45, 7) is 0.250. The fourth-order valence-corrected chi connectivity index (χ4v) is 3.84. The molecule has 4 aromatic rings. The highest BCUT2D eigenvalue weighted by Gasteiger charge is 2.32. The third-order valence-electron chi connectivity index (χ3n) is 5.30. The lowest BCUT2D eigenvalue weighted by atomic mass is 9.95. The van der Waals surface area contributed by atoms with Crippen molar-refractivity contribution in [1.29, 1.82) is 0 Å². The molecule has 0 saturated carbocycles. The van der Waals surface area contributed by atoms with E-state index in [9.17, 15) is 18.4 Å². The Kier molecular flexibility index (Phi) is 3.82. The Balaban J connectivity index is 1.63. The molecule has 1 aliphatic rings. The van der Waals surface area contributed by atoms with Crippen LogP contribution in [0.2, 0.25) is 0 Å². The van der Waals surface area contributed by atoms with Crippen molar-refractivity contribution in [3.8, 4) is 0 Å². The summed E-state index contributed by atoms with van der Waals surface area (Å²) in [5.41, 5.74) is 1.99. The molecule has 1 amide bonds. The lowest BCUT2D eigenvalue weighted by Gasteiger charge is -2.33. The number of hydrogen-bond acceptors (Lipinski definition) is 4. The van der Waals surface area contributed by atoms with Gasteiger partial charge in [0.25, 0.3) is 11.5 Å².